The Labute approximate surface area is 248 Å². The van der Waals surface area contributed by atoms with Gasteiger partial charge in [-0.25, -0.2) is 8.42 Å². The fourth-order valence-electron chi connectivity index (χ4n) is 4.80. The summed E-state index contributed by atoms with van der Waals surface area (Å²) < 4.78 is 34.3. The zero-order valence-corrected chi connectivity index (χ0v) is 25.5. The molecule has 0 fully saturated rings. The van der Waals surface area contributed by atoms with Crippen LogP contribution >= 0.6 is 12.4 Å². The summed E-state index contributed by atoms with van der Waals surface area (Å²) in [5.74, 6) is 0.00179. The van der Waals surface area contributed by atoms with E-state index in [0.29, 0.717) is 43.1 Å². The highest BCUT2D eigenvalue weighted by atomic mass is 35.5. The average molecular weight is 601 g/mol. The SMILES string of the molecule is CCN1C(=O)C(C)(C)C(=O)N(C)c2cc(OCCCN(CCc3cccnc3)S(=O)(=O)c3ccccc3)ccc21.Cl. The number of hydrogen-bond donors (Lipinski definition) is 0. The number of carbonyl (C=O) groups is 2. The highest BCUT2D eigenvalue weighted by Crippen LogP contribution is 2.40. The van der Waals surface area contributed by atoms with Gasteiger partial charge in [-0.05, 0) is 69.5 Å². The molecule has 1 aliphatic rings. The van der Waals surface area contributed by atoms with E-state index in [1.807, 2.05) is 19.1 Å². The molecule has 2 aromatic carbocycles. The van der Waals surface area contributed by atoms with Crippen molar-refractivity contribution in [2.75, 3.05) is 43.1 Å². The van der Waals surface area contributed by atoms with E-state index in [1.54, 1.807) is 86.7 Å². The van der Waals surface area contributed by atoms with Crippen LogP contribution in [0, 0.1) is 5.41 Å². The van der Waals surface area contributed by atoms with E-state index in [0.717, 1.165) is 5.56 Å². The Morgan fingerprint density at radius 2 is 1.68 bits per heavy atom. The van der Waals surface area contributed by atoms with Crippen LogP contribution in [0.25, 0.3) is 0 Å². The van der Waals surface area contributed by atoms with Gasteiger partial charge in [0.05, 0.1) is 22.9 Å². The summed E-state index contributed by atoms with van der Waals surface area (Å²) in [6.45, 7) is 6.45. The Morgan fingerprint density at radius 3 is 2.34 bits per heavy atom. The zero-order chi connectivity index (χ0) is 28.9. The third kappa shape index (κ3) is 6.89. The van der Waals surface area contributed by atoms with Crippen LogP contribution in [0.1, 0.15) is 32.8 Å². The molecular formula is C30H37ClN4O5S. The molecule has 220 valence electrons. The number of pyridine rings is 1. The van der Waals surface area contributed by atoms with Crippen molar-refractivity contribution in [3.05, 3.63) is 78.6 Å². The van der Waals surface area contributed by atoms with Crippen LogP contribution in [0.4, 0.5) is 11.4 Å². The Balaban J connectivity index is 0.00000462. The molecule has 4 rings (SSSR count). The van der Waals surface area contributed by atoms with Crippen LogP contribution in [0.2, 0.25) is 0 Å². The number of sulfonamides is 1. The normalized spacial score (nSPS) is 14.9. The lowest BCUT2D eigenvalue weighted by molar-refractivity contribution is -0.137. The fourth-order valence-corrected chi connectivity index (χ4v) is 6.30. The van der Waals surface area contributed by atoms with Gasteiger partial charge in [-0.15, -0.1) is 12.4 Å². The molecule has 0 spiro atoms. The molecule has 2 heterocycles. The lowest BCUT2D eigenvalue weighted by atomic mass is 9.90. The van der Waals surface area contributed by atoms with Crippen LogP contribution in [-0.4, -0.2) is 62.8 Å². The predicted octanol–water partition coefficient (Wildman–Crippen LogP) is 4.56. The van der Waals surface area contributed by atoms with E-state index in [4.69, 9.17) is 4.74 Å². The maximum absolute atomic E-state index is 13.4. The van der Waals surface area contributed by atoms with Gasteiger partial charge in [0.25, 0.3) is 0 Å². The minimum Gasteiger partial charge on any atom is -0.493 e. The second-order valence-electron chi connectivity index (χ2n) is 10.2. The monoisotopic (exact) mass is 600 g/mol. The molecule has 1 aliphatic heterocycles. The van der Waals surface area contributed by atoms with Crippen LogP contribution in [0.5, 0.6) is 5.75 Å². The molecule has 0 atom stereocenters. The molecule has 3 aromatic rings. The van der Waals surface area contributed by atoms with Crippen molar-refractivity contribution in [1.29, 1.82) is 0 Å². The Hall–Kier alpha value is -3.47. The molecule has 11 heteroatoms. The summed E-state index contributed by atoms with van der Waals surface area (Å²) in [7, 11) is -2.04. The summed E-state index contributed by atoms with van der Waals surface area (Å²) in [6.07, 6.45) is 4.42. The largest absolute Gasteiger partial charge is 0.493 e. The first-order valence-corrected chi connectivity index (χ1v) is 14.8. The number of benzene rings is 2. The number of hydrogen-bond acceptors (Lipinski definition) is 6. The van der Waals surface area contributed by atoms with E-state index < -0.39 is 15.4 Å². The number of ether oxygens (including phenoxy) is 1. The van der Waals surface area contributed by atoms with E-state index >= 15 is 0 Å². The van der Waals surface area contributed by atoms with Crippen molar-refractivity contribution in [2.45, 2.75) is 38.5 Å². The van der Waals surface area contributed by atoms with E-state index in [1.165, 1.54) is 9.21 Å². The van der Waals surface area contributed by atoms with Gasteiger partial charge in [-0.2, -0.15) is 4.31 Å². The van der Waals surface area contributed by atoms with Gasteiger partial charge in [-0.3, -0.25) is 14.6 Å². The maximum atomic E-state index is 13.4. The summed E-state index contributed by atoms with van der Waals surface area (Å²) in [5, 5.41) is 0. The summed E-state index contributed by atoms with van der Waals surface area (Å²) in [6, 6.07) is 17.5. The second kappa shape index (κ2) is 13.5. The number of amides is 2. The molecule has 41 heavy (non-hydrogen) atoms. The fraction of sp³-hybridized carbons (Fsp3) is 0.367. The van der Waals surface area contributed by atoms with E-state index in [9.17, 15) is 18.0 Å². The average Bonchev–Trinajstić information content (AvgIpc) is 3.01. The topological polar surface area (TPSA) is 100 Å². The van der Waals surface area contributed by atoms with Gasteiger partial charge in [0.2, 0.25) is 21.8 Å². The number of carbonyl (C=O) groups excluding carboxylic acids is 2. The number of anilines is 2. The molecule has 0 radical (unpaired) electrons. The van der Waals surface area contributed by atoms with Gasteiger partial charge < -0.3 is 14.5 Å². The van der Waals surface area contributed by atoms with E-state index in [2.05, 4.69) is 4.98 Å². The van der Waals surface area contributed by atoms with Gasteiger partial charge in [0.1, 0.15) is 11.2 Å². The third-order valence-electron chi connectivity index (χ3n) is 7.11. The number of rotatable bonds is 11. The molecule has 0 aliphatic carbocycles. The highest BCUT2D eigenvalue weighted by Gasteiger charge is 2.45. The van der Waals surface area contributed by atoms with Gasteiger partial charge in [0, 0.05) is 45.1 Å². The number of halogens is 1. The van der Waals surface area contributed by atoms with Gasteiger partial charge in [-0.1, -0.05) is 24.3 Å². The highest BCUT2D eigenvalue weighted by molar-refractivity contribution is 7.89. The number of fused-ring (bicyclic) bond motifs is 1. The summed E-state index contributed by atoms with van der Waals surface area (Å²) >= 11 is 0. The van der Waals surface area contributed by atoms with E-state index in [-0.39, 0.29) is 42.3 Å². The van der Waals surface area contributed by atoms with Crippen molar-refractivity contribution in [2.24, 2.45) is 5.41 Å². The molecule has 0 bridgehead atoms. The maximum Gasteiger partial charge on any atom is 0.243 e. The molecule has 9 nitrogen and oxygen atoms in total. The first kappa shape index (κ1) is 32.0. The summed E-state index contributed by atoms with van der Waals surface area (Å²) in [5.41, 5.74) is 1.01. The van der Waals surface area contributed by atoms with Crippen LogP contribution in [-0.2, 0) is 26.0 Å². The predicted molar refractivity (Wildman–Crippen MR) is 162 cm³/mol. The molecule has 2 amide bonds. The summed E-state index contributed by atoms with van der Waals surface area (Å²) in [4.78, 5) is 33.7. The molecule has 1 aromatic heterocycles. The number of aromatic nitrogens is 1. The van der Waals surface area contributed by atoms with Crippen molar-refractivity contribution >= 4 is 45.6 Å². The lowest BCUT2D eigenvalue weighted by Crippen LogP contribution is -2.47. The molecule has 0 N–H and O–H groups in total. The van der Waals surface area contributed by atoms with Crippen LogP contribution in [0.15, 0.2) is 78.0 Å². The standard InChI is InChI=1S/C30H36N4O5S.ClH/c1-5-34-26-15-14-24(21-27(26)32(4)28(35)30(2,3)29(34)36)39-20-10-18-33(19-16-23-11-9-17-31-22-23)40(37,38)25-12-7-6-8-13-25;/h6-9,11-15,17,21-22H,5,10,16,18-20H2,1-4H3;1H. The van der Waals surface area contributed by atoms with Crippen molar-refractivity contribution in [1.82, 2.24) is 9.29 Å². The first-order valence-electron chi connectivity index (χ1n) is 13.4. The number of nitrogens with zero attached hydrogens (tertiary/aromatic N) is 4. The molecule has 0 saturated carbocycles. The third-order valence-corrected chi connectivity index (χ3v) is 9.02. The molecule has 0 unspecified atom stereocenters. The zero-order valence-electron chi connectivity index (χ0n) is 23.8. The molecule has 0 saturated heterocycles. The van der Waals surface area contributed by atoms with Gasteiger partial charge in [0.15, 0.2) is 0 Å². The van der Waals surface area contributed by atoms with Crippen molar-refractivity contribution < 1.29 is 22.7 Å². The van der Waals surface area contributed by atoms with Gasteiger partial charge >= 0.3 is 0 Å². The minimum atomic E-state index is -3.70. The van der Waals surface area contributed by atoms with Crippen molar-refractivity contribution in [3.8, 4) is 5.75 Å². The quantitative estimate of drug-likeness (QED) is 0.236. The smallest absolute Gasteiger partial charge is 0.243 e. The first-order chi connectivity index (χ1) is 19.1. The molecular weight excluding hydrogens is 564 g/mol. The lowest BCUT2D eigenvalue weighted by Gasteiger charge is -2.27. The van der Waals surface area contributed by atoms with Crippen molar-refractivity contribution in [3.63, 3.8) is 0 Å². The second-order valence-corrected chi connectivity index (χ2v) is 12.2. The van der Waals surface area contributed by atoms with Crippen LogP contribution in [0.3, 0.4) is 0 Å². The van der Waals surface area contributed by atoms with Crippen LogP contribution < -0.4 is 14.5 Å². The minimum absolute atomic E-state index is 0. The Morgan fingerprint density at radius 1 is 0.951 bits per heavy atom. The Bertz CT molecular complexity index is 1450. The Kier molecular flexibility index (Phi) is 10.5.